The Hall–Kier alpha value is -3.06. The van der Waals surface area contributed by atoms with Crippen LogP contribution in [0.5, 0.6) is 0 Å². The SMILES string of the molecule is CCCc1nnsc1C(=O)Nc1ccccc1-c1cn2ccccc2n1. The number of para-hydroxylation sites is 1. The number of imidazole rings is 1. The van der Waals surface area contributed by atoms with Crippen molar-refractivity contribution in [2.24, 2.45) is 0 Å². The second-order valence-electron chi connectivity index (χ2n) is 5.89. The monoisotopic (exact) mass is 363 g/mol. The number of hydrogen-bond donors (Lipinski definition) is 1. The minimum absolute atomic E-state index is 0.181. The van der Waals surface area contributed by atoms with Crippen molar-refractivity contribution in [1.82, 2.24) is 19.0 Å². The Kier molecular flexibility index (Phi) is 4.45. The van der Waals surface area contributed by atoms with Gasteiger partial charge in [0.05, 0.1) is 17.1 Å². The lowest BCUT2D eigenvalue weighted by atomic mass is 10.1. The van der Waals surface area contributed by atoms with Gasteiger partial charge in [-0.05, 0) is 36.2 Å². The van der Waals surface area contributed by atoms with Crippen molar-refractivity contribution in [2.45, 2.75) is 19.8 Å². The minimum atomic E-state index is -0.181. The van der Waals surface area contributed by atoms with Crippen molar-refractivity contribution in [3.05, 3.63) is 65.4 Å². The lowest BCUT2D eigenvalue weighted by Crippen LogP contribution is -2.13. The molecule has 26 heavy (non-hydrogen) atoms. The van der Waals surface area contributed by atoms with Gasteiger partial charge in [0.15, 0.2) is 0 Å². The Morgan fingerprint density at radius 3 is 2.88 bits per heavy atom. The molecule has 4 rings (SSSR count). The van der Waals surface area contributed by atoms with Crippen LogP contribution in [0.25, 0.3) is 16.9 Å². The highest BCUT2D eigenvalue weighted by Crippen LogP contribution is 2.28. The fraction of sp³-hybridized carbons (Fsp3) is 0.158. The van der Waals surface area contributed by atoms with Crippen LogP contribution in [0.3, 0.4) is 0 Å². The van der Waals surface area contributed by atoms with E-state index < -0.39 is 0 Å². The predicted molar refractivity (Wildman–Crippen MR) is 102 cm³/mol. The van der Waals surface area contributed by atoms with Crippen molar-refractivity contribution in [3.63, 3.8) is 0 Å². The van der Waals surface area contributed by atoms with Crippen LogP contribution in [0.1, 0.15) is 28.7 Å². The van der Waals surface area contributed by atoms with Crippen molar-refractivity contribution in [3.8, 4) is 11.3 Å². The van der Waals surface area contributed by atoms with E-state index in [2.05, 4.69) is 26.8 Å². The third-order valence-electron chi connectivity index (χ3n) is 4.06. The summed E-state index contributed by atoms with van der Waals surface area (Å²) in [7, 11) is 0. The third-order valence-corrected chi connectivity index (χ3v) is 4.83. The van der Waals surface area contributed by atoms with Crippen LogP contribution in [0.15, 0.2) is 54.9 Å². The molecule has 6 nitrogen and oxygen atoms in total. The number of carbonyl (C=O) groups excluding carboxylic acids is 1. The first-order chi connectivity index (χ1) is 12.8. The van der Waals surface area contributed by atoms with Gasteiger partial charge in [-0.15, -0.1) is 5.10 Å². The van der Waals surface area contributed by atoms with Crippen LogP contribution in [0, 0.1) is 0 Å². The highest BCUT2D eigenvalue weighted by atomic mass is 32.1. The normalized spacial score (nSPS) is 11.0. The second-order valence-corrected chi connectivity index (χ2v) is 6.64. The Morgan fingerprint density at radius 2 is 2.04 bits per heavy atom. The maximum Gasteiger partial charge on any atom is 0.269 e. The van der Waals surface area contributed by atoms with E-state index >= 15 is 0 Å². The molecule has 4 aromatic rings. The number of nitrogens with one attached hydrogen (secondary N) is 1. The number of fused-ring (bicyclic) bond motifs is 1. The molecule has 1 amide bonds. The Morgan fingerprint density at radius 1 is 1.19 bits per heavy atom. The summed E-state index contributed by atoms with van der Waals surface area (Å²) < 4.78 is 5.89. The van der Waals surface area contributed by atoms with Crippen molar-refractivity contribution in [2.75, 3.05) is 5.32 Å². The molecule has 3 aromatic heterocycles. The lowest BCUT2D eigenvalue weighted by Gasteiger charge is -2.09. The zero-order valence-electron chi connectivity index (χ0n) is 14.2. The number of pyridine rings is 1. The van der Waals surface area contributed by atoms with Crippen LogP contribution >= 0.6 is 11.5 Å². The summed E-state index contributed by atoms with van der Waals surface area (Å²) in [4.78, 5) is 17.9. The molecule has 7 heteroatoms. The quantitative estimate of drug-likeness (QED) is 0.580. The Bertz CT molecular complexity index is 1040. The van der Waals surface area contributed by atoms with E-state index in [9.17, 15) is 4.79 Å². The molecule has 1 aromatic carbocycles. The largest absolute Gasteiger partial charge is 0.321 e. The van der Waals surface area contributed by atoms with Gasteiger partial charge in [-0.2, -0.15) is 0 Å². The molecule has 0 aliphatic rings. The predicted octanol–water partition coefficient (Wildman–Crippen LogP) is 4.06. The first kappa shape index (κ1) is 16.4. The number of aromatic nitrogens is 4. The summed E-state index contributed by atoms with van der Waals surface area (Å²) in [6, 6.07) is 13.5. The smallest absolute Gasteiger partial charge is 0.269 e. The topological polar surface area (TPSA) is 72.2 Å². The average molecular weight is 363 g/mol. The summed E-state index contributed by atoms with van der Waals surface area (Å²) in [5.41, 5.74) is 4.01. The molecule has 0 saturated carbocycles. The standard InChI is InChI=1S/C19H17N5OS/c1-2-7-15-18(26-23-22-15)19(25)21-14-9-4-3-8-13(14)16-12-24-11-6-5-10-17(24)20-16/h3-6,8-12H,2,7H2,1H3,(H,21,25). The minimum Gasteiger partial charge on any atom is -0.321 e. The lowest BCUT2D eigenvalue weighted by molar-refractivity contribution is 0.102. The fourth-order valence-electron chi connectivity index (χ4n) is 2.84. The average Bonchev–Trinajstić information content (AvgIpc) is 3.29. The van der Waals surface area contributed by atoms with E-state index in [1.54, 1.807) is 0 Å². The van der Waals surface area contributed by atoms with Crippen LogP contribution in [-0.2, 0) is 6.42 Å². The molecular formula is C19H17N5OS. The van der Waals surface area contributed by atoms with Crippen molar-refractivity contribution < 1.29 is 4.79 Å². The number of benzene rings is 1. The molecule has 0 saturated heterocycles. The third kappa shape index (κ3) is 3.09. The van der Waals surface area contributed by atoms with E-state index in [0.29, 0.717) is 4.88 Å². The van der Waals surface area contributed by atoms with E-state index in [-0.39, 0.29) is 5.91 Å². The maximum absolute atomic E-state index is 12.7. The Labute approximate surface area is 154 Å². The van der Waals surface area contributed by atoms with Crippen LogP contribution in [-0.4, -0.2) is 24.9 Å². The van der Waals surface area contributed by atoms with Crippen LogP contribution < -0.4 is 5.32 Å². The van der Waals surface area contributed by atoms with E-state index in [1.165, 1.54) is 0 Å². The molecule has 0 unspecified atom stereocenters. The van der Waals surface area contributed by atoms with Gasteiger partial charge in [-0.3, -0.25) is 4.79 Å². The van der Waals surface area contributed by atoms with Gasteiger partial charge in [0.25, 0.3) is 5.91 Å². The maximum atomic E-state index is 12.7. The Balaban J connectivity index is 1.67. The molecular weight excluding hydrogens is 346 g/mol. The molecule has 130 valence electrons. The molecule has 1 N–H and O–H groups in total. The van der Waals surface area contributed by atoms with Crippen LogP contribution in [0.4, 0.5) is 5.69 Å². The molecule has 0 atom stereocenters. The number of rotatable bonds is 5. The highest BCUT2D eigenvalue weighted by molar-refractivity contribution is 7.08. The number of nitrogens with zero attached hydrogens (tertiary/aromatic N) is 4. The van der Waals surface area contributed by atoms with Gasteiger partial charge in [-0.25, -0.2) is 4.98 Å². The first-order valence-corrected chi connectivity index (χ1v) is 9.19. The molecule has 0 radical (unpaired) electrons. The molecule has 3 heterocycles. The molecule has 0 spiro atoms. The fourth-order valence-corrected chi connectivity index (χ4v) is 3.44. The highest BCUT2D eigenvalue weighted by Gasteiger charge is 2.18. The van der Waals surface area contributed by atoms with Gasteiger partial charge in [0.1, 0.15) is 10.5 Å². The van der Waals surface area contributed by atoms with Gasteiger partial charge >= 0.3 is 0 Å². The number of anilines is 1. The van der Waals surface area contributed by atoms with Gasteiger partial charge in [0, 0.05) is 18.0 Å². The van der Waals surface area contributed by atoms with Crippen LogP contribution in [0.2, 0.25) is 0 Å². The molecule has 0 bridgehead atoms. The number of aryl methyl sites for hydroxylation is 1. The summed E-state index contributed by atoms with van der Waals surface area (Å²) in [5, 5.41) is 7.07. The van der Waals surface area contributed by atoms with Crippen molar-refractivity contribution >= 4 is 28.8 Å². The van der Waals surface area contributed by atoms with Gasteiger partial charge in [0.2, 0.25) is 0 Å². The van der Waals surface area contributed by atoms with Gasteiger partial charge in [-0.1, -0.05) is 42.1 Å². The summed E-state index contributed by atoms with van der Waals surface area (Å²) in [6.45, 7) is 2.06. The zero-order valence-corrected chi connectivity index (χ0v) is 15.0. The van der Waals surface area contributed by atoms with Crippen molar-refractivity contribution in [1.29, 1.82) is 0 Å². The summed E-state index contributed by atoms with van der Waals surface area (Å²) in [6.07, 6.45) is 5.57. The van der Waals surface area contributed by atoms with E-state index in [0.717, 1.165) is 52.7 Å². The summed E-state index contributed by atoms with van der Waals surface area (Å²) in [5.74, 6) is -0.181. The number of amides is 1. The second kappa shape index (κ2) is 7.05. The number of hydrogen-bond acceptors (Lipinski definition) is 5. The van der Waals surface area contributed by atoms with E-state index in [1.807, 2.05) is 59.3 Å². The molecule has 0 aliphatic carbocycles. The number of carbonyl (C=O) groups is 1. The van der Waals surface area contributed by atoms with E-state index in [4.69, 9.17) is 0 Å². The molecule has 0 aliphatic heterocycles. The first-order valence-electron chi connectivity index (χ1n) is 8.42. The summed E-state index contributed by atoms with van der Waals surface area (Å²) >= 11 is 1.13. The molecule has 0 fully saturated rings. The van der Waals surface area contributed by atoms with Gasteiger partial charge < -0.3 is 9.72 Å². The zero-order chi connectivity index (χ0) is 17.9.